The van der Waals surface area contributed by atoms with E-state index in [1.165, 1.54) is 22.0 Å². The third kappa shape index (κ3) is 3.71. The number of rotatable bonds is 4. The fourth-order valence-electron chi connectivity index (χ4n) is 2.10. The first-order valence-corrected chi connectivity index (χ1v) is 6.86. The van der Waals surface area contributed by atoms with E-state index in [0.29, 0.717) is 6.10 Å². The van der Waals surface area contributed by atoms with Crippen molar-refractivity contribution < 1.29 is 4.74 Å². The van der Waals surface area contributed by atoms with E-state index < -0.39 is 0 Å². The Balaban J connectivity index is 1.81. The Morgan fingerprint density at radius 2 is 2.12 bits per heavy atom. The summed E-state index contributed by atoms with van der Waals surface area (Å²) in [7, 11) is 2.17. The van der Waals surface area contributed by atoms with Crippen LogP contribution in [0.5, 0.6) is 0 Å². The summed E-state index contributed by atoms with van der Waals surface area (Å²) in [5.74, 6) is 0. The summed E-state index contributed by atoms with van der Waals surface area (Å²) < 4.78 is 6.93. The molecule has 1 aromatic carbocycles. The standard InChI is InChI=1S/C13H18INO/c1-15(10-13-3-2-8-16-13)9-11-4-6-12(14)7-5-11/h4-7,13H,2-3,8-10H2,1H3. The summed E-state index contributed by atoms with van der Waals surface area (Å²) in [6.45, 7) is 3.00. The molecule has 0 aliphatic carbocycles. The molecule has 1 atom stereocenters. The zero-order chi connectivity index (χ0) is 11.4. The van der Waals surface area contributed by atoms with Gasteiger partial charge in [0.1, 0.15) is 0 Å². The van der Waals surface area contributed by atoms with Crippen LogP contribution in [0.1, 0.15) is 18.4 Å². The van der Waals surface area contributed by atoms with Gasteiger partial charge in [-0.3, -0.25) is 4.90 Å². The molecule has 1 heterocycles. The first kappa shape index (κ1) is 12.3. The lowest BCUT2D eigenvalue weighted by Crippen LogP contribution is -2.28. The van der Waals surface area contributed by atoms with Gasteiger partial charge in [-0.15, -0.1) is 0 Å². The molecular formula is C13H18INO. The largest absolute Gasteiger partial charge is 0.377 e. The lowest BCUT2D eigenvalue weighted by Gasteiger charge is -2.20. The third-order valence-corrected chi connectivity index (χ3v) is 3.62. The first-order chi connectivity index (χ1) is 7.74. The normalized spacial score (nSPS) is 20.6. The van der Waals surface area contributed by atoms with Crippen molar-refractivity contribution in [2.75, 3.05) is 20.2 Å². The molecule has 1 fully saturated rings. The van der Waals surface area contributed by atoms with Crippen LogP contribution in [0.25, 0.3) is 0 Å². The van der Waals surface area contributed by atoms with Crippen molar-refractivity contribution in [3.05, 3.63) is 33.4 Å². The number of halogens is 1. The molecule has 1 aliphatic heterocycles. The zero-order valence-corrected chi connectivity index (χ0v) is 11.8. The molecule has 3 heteroatoms. The van der Waals surface area contributed by atoms with Crippen molar-refractivity contribution >= 4 is 22.6 Å². The van der Waals surface area contributed by atoms with E-state index in [1.807, 2.05) is 0 Å². The molecule has 0 spiro atoms. The van der Waals surface area contributed by atoms with Crippen LogP contribution >= 0.6 is 22.6 Å². The topological polar surface area (TPSA) is 12.5 Å². The summed E-state index contributed by atoms with van der Waals surface area (Å²) in [5.41, 5.74) is 1.38. The predicted octanol–water partition coefficient (Wildman–Crippen LogP) is 2.90. The van der Waals surface area contributed by atoms with Crippen LogP contribution in [0.4, 0.5) is 0 Å². The summed E-state index contributed by atoms with van der Waals surface area (Å²) in [4.78, 5) is 2.35. The first-order valence-electron chi connectivity index (χ1n) is 5.78. The van der Waals surface area contributed by atoms with Crippen LogP contribution in [0.15, 0.2) is 24.3 Å². The SMILES string of the molecule is CN(Cc1ccc(I)cc1)CC1CCCO1. The molecule has 2 nitrogen and oxygen atoms in total. The maximum atomic E-state index is 5.64. The van der Waals surface area contributed by atoms with Crippen LogP contribution in [0.2, 0.25) is 0 Å². The number of likely N-dealkylation sites (N-methyl/N-ethyl adjacent to an activating group) is 1. The van der Waals surface area contributed by atoms with Gasteiger partial charge < -0.3 is 4.74 Å². The summed E-state index contributed by atoms with van der Waals surface area (Å²) in [6, 6.07) is 8.73. The number of nitrogens with zero attached hydrogens (tertiary/aromatic N) is 1. The van der Waals surface area contributed by atoms with Crippen LogP contribution in [-0.4, -0.2) is 31.2 Å². The average Bonchev–Trinajstić information content (AvgIpc) is 2.74. The van der Waals surface area contributed by atoms with Gasteiger partial charge in [-0.2, -0.15) is 0 Å². The Morgan fingerprint density at radius 3 is 2.75 bits per heavy atom. The fourth-order valence-corrected chi connectivity index (χ4v) is 2.46. The van der Waals surface area contributed by atoms with Crippen molar-refractivity contribution in [2.24, 2.45) is 0 Å². The molecule has 88 valence electrons. The van der Waals surface area contributed by atoms with Gasteiger partial charge in [0.15, 0.2) is 0 Å². The van der Waals surface area contributed by atoms with Crippen molar-refractivity contribution in [1.29, 1.82) is 0 Å². The van der Waals surface area contributed by atoms with Gasteiger partial charge in [0.05, 0.1) is 6.10 Å². The van der Waals surface area contributed by atoms with Gasteiger partial charge in [-0.05, 0) is 60.2 Å². The molecule has 0 saturated carbocycles. The Bertz CT molecular complexity index is 319. The maximum Gasteiger partial charge on any atom is 0.0702 e. The Labute approximate surface area is 111 Å². The highest BCUT2D eigenvalue weighted by Crippen LogP contribution is 2.14. The third-order valence-electron chi connectivity index (χ3n) is 2.91. The van der Waals surface area contributed by atoms with E-state index in [1.54, 1.807) is 0 Å². The quantitative estimate of drug-likeness (QED) is 0.787. The van der Waals surface area contributed by atoms with E-state index in [4.69, 9.17) is 4.74 Å². The van der Waals surface area contributed by atoms with E-state index in [0.717, 1.165) is 19.7 Å². The molecular weight excluding hydrogens is 313 g/mol. The molecule has 0 aromatic heterocycles. The van der Waals surface area contributed by atoms with Gasteiger partial charge in [-0.1, -0.05) is 12.1 Å². The summed E-state index contributed by atoms with van der Waals surface area (Å²) in [5, 5.41) is 0. The van der Waals surface area contributed by atoms with Crippen LogP contribution in [0, 0.1) is 3.57 Å². The molecule has 1 aliphatic rings. The minimum Gasteiger partial charge on any atom is -0.377 e. The van der Waals surface area contributed by atoms with Crippen molar-refractivity contribution in [2.45, 2.75) is 25.5 Å². The minimum atomic E-state index is 0.453. The van der Waals surface area contributed by atoms with Crippen LogP contribution < -0.4 is 0 Å². The fraction of sp³-hybridized carbons (Fsp3) is 0.538. The van der Waals surface area contributed by atoms with Gasteiger partial charge in [0.25, 0.3) is 0 Å². The molecule has 1 aromatic rings. The summed E-state index contributed by atoms with van der Waals surface area (Å²) >= 11 is 2.34. The molecule has 0 bridgehead atoms. The smallest absolute Gasteiger partial charge is 0.0702 e. The monoisotopic (exact) mass is 331 g/mol. The van der Waals surface area contributed by atoms with Crippen LogP contribution in [-0.2, 0) is 11.3 Å². The average molecular weight is 331 g/mol. The highest BCUT2D eigenvalue weighted by molar-refractivity contribution is 14.1. The molecule has 16 heavy (non-hydrogen) atoms. The van der Waals surface area contributed by atoms with Crippen molar-refractivity contribution in [3.8, 4) is 0 Å². The zero-order valence-electron chi connectivity index (χ0n) is 9.66. The van der Waals surface area contributed by atoms with Crippen molar-refractivity contribution in [1.82, 2.24) is 4.90 Å². The highest BCUT2D eigenvalue weighted by atomic mass is 127. The van der Waals surface area contributed by atoms with Crippen molar-refractivity contribution in [3.63, 3.8) is 0 Å². The van der Waals surface area contributed by atoms with E-state index in [2.05, 4.69) is 58.8 Å². The van der Waals surface area contributed by atoms with Gasteiger partial charge in [0.2, 0.25) is 0 Å². The van der Waals surface area contributed by atoms with Gasteiger partial charge in [-0.25, -0.2) is 0 Å². The molecule has 0 amide bonds. The van der Waals surface area contributed by atoms with Gasteiger partial charge in [0, 0.05) is 23.3 Å². The van der Waals surface area contributed by atoms with E-state index >= 15 is 0 Å². The minimum absolute atomic E-state index is 0.453. The Kier molecular flexibility index (Phi) is 4.61. The second kappa shape index (κ2) is 5.98. The predicted molar refractivity (Wildman–Crippen MR) is 74.5 cm³/mol. The summed E-state index contributed by atoms with van der Waals surface area (Å²) in [6.07, 6.45) is 2.90. The Morgan fingerprint density at radius 1 is 1.38 bits per heavy atom. The molecule has 0 N–H and O–H groups in total. The lowest BCUT2D eigenvalue weighted by atomic mass is 10.2. The second-order valence-electron chi connectivity index (χ2n) is 4.46. The van der Waals surface area contributed by atoms with Crippen LogP contribution in [0.3, 0.4) is 0 Å². The van der Waals surface area contributed by atoms with E-state index in [-0.39, 0.29) is 0 Å². The maximum absolute atomic E-state index is 5.64. The van der Waals surface area contributed by atoms with Gasteiger partial charge >= 0.3 is 0 Å². The number of hydrogen-bond acceptors (Lipinski definition) is 2. The highest BCUT2D eigenvalue weighted by Gasteiger charge is 2.17. The van der Waals surface area contributed by atoms with E-state index in [9.17, 15) is 0 Å². The molecule has 2 rings (SSSR count). The second-order valence-corrected chi connectivity index (χ2v) is 5.70. The lowest BCUT2D eigenvalue weighted by molar-refractivity contribution is 0.0793. The molecule has 0 radical (unpaired) electrons. The number of ether oxygens (including phenoxy) is 1. The number of benzene rings is 1. The molecule has 1 saturated heterocycles. The molecule has 1 unspecified atom stereocenters. The number of hydrogen-bond donors (Lipinski definition) is 0. The Hall–Kier alpha value is -0.130.